The van der Waals surface area contributed by atoms with E-state index >= 15 is 4.39 Å². The highest BCUT2D eigenvalue weighted by Gasteiger charge is 2.53. The maximum atomic E-state index is 15.1. The molecule has 1 aromatic carbocycles. The second-order valence-corrected chi connectivity index (χ2v) is 10.1. The largest absolute Gasteiger partial charge is 0.463 e. The standard InChI is InChI=1S/C25H25F4N5O2S/c1-5-8-36-21-13-31-19(11-32-21)18(27)10-15-6-7-17(26)16(9-15)24(3)14(2)25(4,37-23(30)34-24)22(35)33-12-20(28)29/h1,6-7,9-11,13-14,20H,8,12H2,2-4H3,(H2,30,34)(H,33,35)/b18-10-/t14-,24-,25-/m0/s1. The summed E-state index contributed by atoms with van der Waals surface area (Å²) in [4.78, 5) is 25.2. The van der Waals surface area contributed by atoms with Crippen LogP contribution in [0.25, 0.3) is 11.9 Å². The van der Waals surface area contributed by atoms with Crippen molar-refractivity contribution in [2.24, 2.45) is 16.6 Å². The molecule has 3 rings (SSSR count). The zero-order valence-corrected chi connectivity index (χ0v) is 21.1. The third-order valence-corrected chi connectivity index (χ3v) is 7.47. The van der Waals surface area contributed by atoms with Crippen molar-refractivity contribution in [3.8, 4) is 18.2 Å². The summed E-state index contributed by atoms with van der Waals surface area (Å²) in [6, 6.07) is 3.91. The average Bonchev–Trinajstić information content (AvgIpc) is 2.85. The number of nitrogens with zero attached hydrogens (tertiary/aromatic N) is 3. The summed E-state index contributed by atoms with van der Waals surface area (Å²) < 4.78 is 59.2. The van der Waals surface area contributed by atoms with Gasteiger partial charge in [0.05, 0.1) is 24.5 Å². The quantitative estimate of drug-likeness (QED) is 0.389. The number of carbonyl (C=O) groups is 1. The number of hydrogen-bond acceptors (Lipinski definition) is 7. The van der Waals surface area contributed by atoms with Crippen molar-refractivity contribution in [1.82, 2.24) is 15.3 Å². The molecule has 2 heterocycles. The lowest BCUT2D eigenvalue weighted by molar-refractivity contribution is -0.125. The minimum Gasteiger partial charge on any atom is -0.463 e. The molecule has 0 saturated heterocycles. The number of ether oxygens (including phenoxy) is 1. The summed E-state index contributed by atoms with van der Waals surface area (Å²) in [6.45, 7) is 3.95. The number of aliphatic imine (C=N–C) groups is 1. The van der Waals surface area contributed by atoms with Crippen LogP contribution in [-0.4, -0.2) is 45.4 Å². The van der Waals surface area contributed by atoms with Crippen LogP contribution in [-0.2, 0) is 10.3 Å². The summed E-state index contributed by atoms with van der Waals surface area (Å²) in [7, 11) is 0. The van der Waals surface area contributed by atoms with Crippen molar-refractivity contribution in [1.29, 1.82) is 0 Å². The van der Waals surface area contributed by atoms with Crippen LogP contribution >= 0.6 is 11.8 Å². The fourth-order valence-electron chi connectivity index (χ4n) is 3.94. The van der Waals surface area contributed by atoms with Crippen LogP contribution < -0.4 is 15.8 Å². The highest BCUT2D eigenvalue weighted by molar-refractivity contribution is 8.15. The van der Waals surface area contributed by atoms with Gasteiger partial charge in [-0.1, -0.05) is 30.7 Å². The van der Waals surface area contributed by atoms with Gasteiger partial charge in [-0.2, -0.15) is 0 Å². The Bertz CT molecular complexity index is 1260. The predicted octanol–water partition coefficient (Wildman–Crippen LogP) is 4.15. The van der Waals surface area contributed by atoms with Crippen molar-refractivity contribution in [2.75, 3.05) is 13.2 Å². The van der Waals surface area contributed by atoms with Crippen LogP contribution in [0.5, 0.6) is 5.88 Å². The lowest BCUT2D eigenvalue weighted by Crippen LogP contribution is -2.56. The van der Waals surface area contributed by atoms with Crippen LogP contribution in [0.4, 0.5) is 17.6 Å². The number of terminal acetylenes is 1. The predicted molar refractivity (Wildman–Crippen MR) is 135 cm³/mol. The summed E-state index contributed by atoms with van der Waals surface area (Å²) >= 11 is 0.918. The number of halogens is 4. The molecule has 3 N–H and O–H groups in total. The summed E-state index contributed by atoms with van der Waals surface area (Å²) in [5.74, 6) is -0.364. The number of carbonyl (C=O) groups excluding carboxylic acids is 1. The molecule has 7 nitrogen and oxygen atoms in total. The number of nitrogens with one attached hydrogen (secondary N) is 1. The smallest absolute Gasteiger partial charge is 0.255 e. The highest BCUT2D eigenvalue weighted by Crippen LogP contribution is 2.50. The summed E-state index contributed by atoms with van der Waals surface area (Å²) in [5, 5.41) is 2.20. The van der Waals surface area contributed by atoms with E-state index in [0.717, 1.165) is 30.1 Å². The number of aromatic nitrogens is 2. The zero-order valence-electron chi connectivity index (χ0n) is 20.3. The van der Waals surface area contributed by atoms with Gasteiger partial charge in [-0.25, -0.2) is 27.5 Å². The Hall–Kier alpha value is -3.59. The molecule has 0 bridgehead atoms. The van der Waals surface area contributed by atoms with Crippen molar-refractivity contribution >= 4 is 34.7 Å². The maximum absolute atomic E-state index is 15.1. The first-order valence-electron chi connectivity index (χ1n) is 11.1. The number of thioether (sulfide) groups is 1. The van der Waals surface area contributed by atoms with Gasteiger partial charge >= 0.3 is 0 Å². The van der Waals surface area contributed by atoms with Gasteiger partial charge in [-0.05, 0) is 37.6 Å². The van der Waals surface area contributed by atoms with Crippen LogP contribution in [0, 0.1) is 24.1 Å². The molecule has 0 saturated carbocycles. The fourth-order valence-corrected chi connectivity index (χ4v) is 5.18. The van der Waals surface area contributed by atoms with Gasteiger partial charge in [-0.15, -0.1) is 6.42 Å². The van der Waals surface area contributed by atoms with Crippen molar-refractivity contribution < 1.29 is 27.1 Å². The number of hydrogen-bond donors (Lipinski definition) is 2. The number of nitrogens with two attached hydrogens (primary N) is 1. The monoisotopic (exact) mass is 535 g/mol. The van der Waals surface area contributed by atoms with Gasteiger partial charge < -0.3 is 15.8 Å². The van der Waals surface area contributed by atoms with E-state index in [1.165, 1.54) is 18.3 Å². The number of benzene rings is 1. The zero-order chi connectivity index (χ0) is 27.4. The molecular weight excluding hydrogens is 510 g/mol. The van der Waals surface area contributed by atoms with Crippen LogP contribution in [0.2, 0.25) is 0 Å². The van der Waals surface area contributed by atoms with Gasteiger partial charge in [0.1, 0.15) is 16.3 Å². The first-order valence-corrected chi connectivity index (χ1v) is 11.9. The Labute approximate surface area is 216 Å². The van der Waals surface area contributed by atoms with Crippen LogP contribution in [0.3, 0.4) is 0 Å². The molecule has 0 spiro atoms. The Morgan fingerprint density at radius 1 is 1.35 bits per heavy atom. The van der Waals surface area contributed by atoms with Crippen molar-refractivity contribution in [3.63, 3.8) is 0 Å². The van der Waals surface area contributed by atoms with Crippen LogP contribution in [0.15, 0.2) is 35.6 Å². The number of amides is 1. The Balaban J connectivity index is 1.96. The minimum atomic E-state index is -2.74. The SMILES string of the molecule is C#CCOc1cnc(/C(F)=C/c2ccc(F)c([C@@]3(C)N=C(N)S[C@](C)(C(=O)NCC(F)F)[C@H]3C)c2)cn1. The molecule has 0 unspecified atom stereocenters. The number of alkyl halides is 2. The van der Waals surface area contributed by atoms with E-state index in [9.17, 15) is 18.0 Å². The topological polar surface area (TPSA) is 102 Å². The first kappa shape index (κ1) is 28.0. The van der Waals surface area contributed by atoms with E-state index in [1.807, 2.05) is 0 Å². The lowest BCUT2D eigenvalue weighted by atomic mass is 9.73. The molecule has 196 valence electrons. The van der Waals surface area contributed by atoms with Crippen LogP contribution in [0.1, 0.15) is 37.6 Å². The van der Waals surface area contributed by atoms with Gasteiger partial charge in [0.25, 0.3) is 6.43 Å². The number of amidine groups is 1. The van der Waals surface area contributed by atoms with E-state index in [4.69, 9.17) is 16.9 Å². The third-order valence-electron chi connectivity index (χ3n) is 6.20. The van der Waals surface area contributed by atoms with Gasteiger partial charge in [-0.3, -0.25) is 9.79 Å². The van der Waals surface area contributed by atoms with Gasteiger partial charge in [0.15, 0.2) is 17.6 Å². The lowest BCUT2D eigenvalue weighted by Gasteiger charge is -2.46. The Morgan fingerprint density at radius 2 is 2.08 bits per heavy atom. The minimum absolute atomic E-state index is 0.00996. The average molecular weight is 536 g/mol. The normalized spacial score (nSPS) is 23.8. The molecule has 1 aromatic heterocycles. The summed E-state index contributed by atoms with van der Waals surface area (Å²) in [6.07, 6.45) is 5.90. The van der Waals surface area contributed by atoms with Crippen molar-refractivity contribution in [3.05, 3.63) is 53.2 Å². The molecular formula is C25H25F4N5O2S. The molecule has 0 fully saturated rings. The first-order chi connectivity index (χ1) is 17.4. The van der Waals surface area contributed by atoms with E-state index in [0.29, 0.717) is 0 Å². The molecule has 3 atom stereocenters. The molecule has 1 aliphatic rings. The molecule has 0 aliphatic carbocycles. The number of rotatable bonds is 8. The third kappa shape index (κ3) is 6.05. The Kier molecular flexibility index (Phi) is 8.48. The highest BCUT2D eigenvalue weighted by atomic mass is 32.2. The molecule has 37 heavy (non-hydrogen) atoms. The van der Waals surface area contributed by atoms with E-state index in [-0.39, 0.29) is 34.5 Å². The molecule has 0 radical (unpaired) electrons. The summed E-state index contributed by atoms with van der Waals surface area (Å²) in [5.41, 5.74) is 4.91. The molecule has 12 heteroatoms. The Morgan fingerprint density at radius 3 is 2.70 bits per heavy atom. The molecule has 1 amide bonds. The fraction of sp³-hybridized carbons (Fsp3) is 0.360. The van der Waals surface area contributed by atoms with Crippen molar-refractivity contribution in [2.45, 2.75) is 37.5 Å². The molecule has 1 aliphatic heterocycles. The van der Waals surface area contributed by atoms with E-state index in [2.05, 4.69) is 26.2 Å². The second kappa shape index (κ2) is 11.2. The van der Waals surface area contributed by atoms with E-state index in [1.54, 1.807) is 20.8 Å². The second-order valence-electron chi connectivity index (χ2n) is 8.59. The molecule has 2 aromatic rings. The van der Waals surface area contributed by atoms with Gasteiger partial charge in [0.2, 0.25) is 11.8 Å². The van der Waals surface area contributed by atoms with Gasteiger partial charge in [0, 0.05) is 11.5 Å². The van der Waals surface area contributed by atoms with E-state index < -0.39 is 46.7 Å². The maximum Gasteiger partial charge on any atom is 0.255 e.